The van der Waals surface area contributed by atoms with Crippen LogP contribution in [-0.2, 0) is 14.8 Å². The molecule has 1 aromatic carbocycles. The molecule has 0 saturated heterocycles. The van der Waals surface area contributed by atoms with Crippen LogP contribution in [0, 0.1) is 5.92 Å². The van der Waals surface area contributed by atoms with Crippen molar-refractivity contribution in [3.8, 4) is 0 Å². The zero-order valence-corrected chi connectivity index (χ0v) is 17.5. The van der Waals surface area contributed by atoms with E-state index in [0.29, 0.717) is 5.92 Å². The normalized spacial score (nSPS) is 21.2. The summed E-state index contributed by atoms with van der Waals surface area (Å²) in [6.07, 6.45) is 4.30. The highest BCUT2D eigenvalue weighted by Gasteiger charge is 2.24. The number of rotatable bonds is 6. The molecule has 1 aliphatic rings. The van der Waals surface area contributed by atoms with Crippen LogP contribution in [0.3, 0.4) is 0 Å². The van der Waals surface area contributed by atoms with E-state index in [0.717, 1.165) is 24.8 Å². The Bertz CT molecular complexity index is 795. The molecule has 9 heteroatoms. The monoisotopic (exact) mass is 410 g/mol. The van der Waals surface area contributed by atoms with Gasteiger partial charge >= 0.3 is 6.03 Å². The van der Waals surface area contributed by atoms with Crippen LogP contribution >= 0.6 is 0 Å². The second-order valence-electron chi connectivity index (χ2n) is 7.60. The molecule has 28 heavy (non-hydrogen) atoms. The minimum absolute atomic E-state index is 0.0335. The molecule has 1 aliphatic carbocycles. The Balaban J connectivity index is 1.86. The van der Waals surface area contributed by atoms with Gasteiger partial charge in [-0.15, -0.1) is 0 Å². The van der Waals surface area contributed by atoms with Gasteiger partial charge in [-0.1, -0.05) is 31.9 Å². The molecule has 0 aromatic heterocycles. The summed E-state index contributed by atoms with van der Waals surface area (Å²) in [5.41, 5.74) is 0.836. The number of amides is 3. The number of likely N-dealkylation sites (N-methyl/N-ethyl adjacent to an activating group) is 1. The van der Waals surface area contributed by atoms with E-state index in [1.807, 2.05) is 6.92 Å². The van der Waals surface area contributed by atoms with Crippen molar-refractivity contribution in [3.05, 3.63) is 29.8 Å². The van der Waals surface area contributed by atoms with E-state index in [1.165, 1.54) is 18.6 Å². The van der Waals surface area contributed by atoms with Crippen LogP contribution in [0.2, 0.25) is 0 Å². The minimum atomic E-state index is -3.74. The van der Waals surface area contributed by atoms with Gasteiger partial charge < -0.3 is 5.32 Å². The number of primary sulfonamides is 1. The molecule has 8 nitrogen and oxygen atoms in total. The van der Waals surface area contributed by atoms with Crippen molar-refractivity contribution < 1.29 is 18.0 Å². The highest BCUT2D eigenvalue weighted by molar-refractivity contribution is 7.89. The van der Waals surface area contributed by atoms with Crippen molar-refractivity contribution in [3.63, 3.8) is 0 Å². The molecular weight excluding hydrogens is 380 g/mol. The average molecular weight is 411 g/mol. The molecule has 1 saturated carbocycles. The van der Waals surface area contributed by atoms with E-state index in [1.54, 1.807) is 24.1 Å². The van der Waals surface area contributed by atoms with Gasteiger partial charge in [0.25, 0.3) is 0 Å². The standard InChI is InChI=1S/C19H30N4O4S/c1-13-6-4-5-7-17(13)21-19(25)22-18(24)12-23(3)14(2)15-8-10-16(11-9-15)28(20,26)27/h8-11,13-14,17H,4-7,12H2,1-3H3,(H2,20,26,27)(H2,21,22,24,25). The van der Waals surface area contributed by atoms with Gasteiger partial charge in [0.1, 0.15) is 0 Å². The van der Waals surface area contributed by atoms with E-state index in [2.05, 4.69) is 17.6 Å². The second-order valence-corrected chi connectivity index (χ2v) is 9.16. The Morgan fingerprint density at radius 1 is 1.21 bits per heavy atom. The van der Waals surface area contributed by atoms with Gasteiger partial charge in [0.05, 0.1) is 11.4 Å². The lowest BCUT2D eigenvalue weighted by Gasteiger charge is -2.29. The molecule has 3 atom stereocenters. The van der Waals surface area contributed by atoms with E-state index in [4.69, 9.17) is 5.14 Å². The summed E-state index contributed by atoms with van der Waals surface area (Å²) in [6, 6.07) is 5.70. The van der Waals surface area contributed by atoms with Gasteiger partial charge in [0, 0.05) is 12.1 Å². The Hall–Kier alpha value is -1.97. The number of hydrogen-bond acceptors (Lipinski definition) is 5. The molecular formula is C19H30N4O4S. The van der Waals surface area contributed by atoms with Gasteiger partial charge in [-0.3, -0.25) is 15.0 Å². The molecule has 0 aliphatic heterocycles. The first kappa shape index (κ1) is 22.3. The number of urea groups is 1. The van der Waals surface area contributed by atoms with Crippen molar-refractivity contribution in [2.24, 2.45) is 11.1 Å². The summed E-state index contributed by atoms with van der Waals surface area (Å²) in [6.45, 7) is 4.04. The smallest absolute Gasteiger partial charge is 0.321 e. The summed E-state index contributed by atoms with van der Waals surface area (Å²) < 4.78 is 22.7. The van der Waals surface area contributed by atoms with Crippen LogP contribution in [0.5, 0.6) is 0 Å². The highest BCUT2D eigenvalue weighted by atomic mass is 32.2. The van der Waals surface area contributed by atoms with Crippen LogP contribution < -0.4 is 15.8 Å². The maximum Gasteiger partial charge on any atom is 0.321 e. The minimum Gasteiger partial charge on any atom is -0.335 e. The Morgan fingerprint density at radius 3 is 2.39 bits per heavy atom. The zero-order chi connectivity index (χ0) is 20.9. The largest absolute Gasteiger partial charge is 0.335 e. The molecule has 156 valence electrons. The van der Waals surface area contributed by atoms with Gasteiger partial charge in [0.15, 0.2) is 0 Å². The van der Waals surface area contributed by atoms with Gasteiger partial charge in [-0.2, -0.15) is 0 Å². The lowest BCUT2D eigenvalue weighted by Crippen LogP contribution is -2.49. The van der Waals surface area contributed by atoms with E-state index in [-0.39, 0.29) is 23.5 Å². The molecule has 1 fully saturated rings. The van der Waals surface area contributed by atoms with Crippen molar-refractivity contribution in [1.29, 1.82) is 0 Å². The first-order valence-electron chi connectivity index (χ1n) is 9.51. The Morgan fingerprint density at radius 2 is 1.82 bits per heavy atom. The molecule has 1 aromatic rings. The lowest BCUT2D eigenvalue weighted by molar-refractivity contribution is -0.121. The second kappa shape index (κ2) is 9.49. The number of carbonyl (C=O) groups is 2. The lowest BCUT2D eigenvalue weighted by atomic mass is 9.86. The third-order valence-electron chi connectivity index (χ3n) is 5.43. The van der Waals surface area contributed by atoms with Gasteiger partial charge in [-0.25, -0.2) is 18.4 Å². The molecule has 2 rings (SSSR count). The molecule has 3 unspecified atom stereocenters. The van der Waals surface area contributed by atoms with Crippen molar-refractivity contribution >= 4 is 22.0 Å². The van der Waals surface area contributed by atoms with Crippen molar-refractivity contribution in [2.45, 2.75) is 56.5 Å². The molecule has 3 amide bonds. The summed E-state index contributed by atoms with van der Waals surface area (Å²) in [5.74, 6) is 0.0223. The molecule has 0 radical (unpaired) electrons. The van der Waals surface area contributed by atoms with Crippen LogP contribution in [0.4, 0.5) is 4.79 Å². The fourth-order valence-corrected chi connectivity index (χ4v) is 3.97. The topological polar surface area (TPSA) is 122 Å². The Labute approximate surface area is 166 Å². The van der Waals surface area contributed by atoms with E-state index in [9.17, 15) is 18.0 Å². The van der Waals surface area contributed by atoms with Gasteiger partial charge in [-0.05, 0) is 50.4 Å². The fraction of sp³-hybridized carbons (Fsp3) is 0.579. The maximum atomic E-state index is 12.2. The molecule has 0 bridgehead atoms. The number of imide groups is 1. The number of sulfonamides is 1. The van der Waals surface area contributed by atoms with E-state index < -0.39 is 22.0 Å². The van der Waals surface area contributed by atoms with Crippen molar-refractivity contribution in [1.82, 2.24) is 15.5 Å². The summed E-state index contributed by atoms with van der Waals surface area (Å²) >= 11 is 0. The Kier molecular flexibility index (Phi) is 7.56. The summed E-state index contributed by atoms with van der Waals surface area (Å²) in [4.78, 5) is 26.1. The summed E-state index contributed by atoms with van der Waals surface area (Å²) in [5, 5.41) is 10.4. The summed E-state index contributed by atoms with van der Waals surface area (Å²) in [7, 11) is -1.97. The average Bonchev–Trinajstić information content (AvgIpc) is 2.62. The van der Waals surface area contributed by atoms with Crippen LogP contribution in [-0.4, -0.2) is 44.9 Å². The predicted octanol–water partition coefficient (Wildman–Crippen LogP) is 1.73. The first-order chi connectivity index (χ1) is 13.1. The molecule has 4 N–H and O–H groups in total. The molecule has 0 heterocycles. The quantitative estimate of drug-likeness (QED) is 0.659. The van der Waals surface area contributed by atoms with Crippen LogP contribution in [0.1, 0.15) is 51.1 Å². The third-order valence-corrected chi connectivity index (χ3v) is 6.36. The highest BCUT2D eigenvalue weighted by Crippen LogP contribution is 2.23. The maximum absolute atomic E-state index is 12.2. The third kappa shape index (κ3) is 6.29. The number of nitrogens with two attached hydrogens (primary N) is 1. The fourth-order valence-electron chi connectivity index (χ4n) is 3.46. The SMILES string of the molecule is CC1CCCCC1NC(=O)NC(=O)CN(C)C(C)c1ccc(S(N)(=O)=O)cc1. The zero-order valence-electron chi connectivity index (χ0n) is 16.6. The number of hydrogen-bond donors (Lipinski definition) is 3. The number of benzene rings is 1. The number of nitrogens with one attached hydrogen (secondary N) is 2. The van der Waals surface area contributed by atoms with Gasteiger partial charge in [0.2, 0.25) is 15.9 Å². The number of carbonyl (C=O) groups excluding carboxylic acids is 2. The number of nitrogens with zero attached hydrogens (tertiary/aromatic N) is 1. The predicted molar refractivity (Wildman–Crippen MR) is 107 cm³/mol. The van der Waals surface area contributed by atoms with E-state index >= 15 is 0 Å². The van der Waals surface area contributed by atoms with Crippen LogP contribution in [0.15, 0.2) is 29.2 Å². The van der Waals surface area contributed by atoms with Crippen molar-refractivity contribution in [2.75, 3.05) is 13.6 Å². The first-order valence-corrected chi connectivity index (χ1v) is 11.1. The molecule has 0 spiro atoms. The van der Waals surface area contributed by atoms with Crippen LogP contribution in [0.25, 0.3) is 0 Å².